The van der Waals surface area contributed by atoms with Gasteiger partial charge >= 0.3 is 6.03 Å². The number of carbonyl (C=O) groups excluding carboxylic acids is 2. The lowest BCUT2D eigenvalue weighted by Crippen LogP contribution is -2.37. The normalized spacial score (nSPS) is 16.2. The zero-order valence-electron chi connectivity index (χ0n) is 14.0. The van der Waals surface area contributed by atoms with Gasteiger partial charge in [0.05, 0.1) is 6.54 Å². The maximum absolute atomic E-state index is 12.3. The first-order chi connectivity index (χ1) is 12.2. The Morgan fingerprint density at radius 1 is 1.20 bits per heavy atom. The van der Waals surface area contributed by atoms with Crippen molar-refractivity contribution in [1.29, 1.82) is 0 Å². The lowest BCUT2D eigenvalue weighted by atomic mass is 9.98. The van der Waals surface area contributed by atoms with Gasteiger partial charge in [0.15, 0.2) is 0 Å². The molecule has 1 saturated carbocycles. The Bertz CT molecular complexity index is 784. The van der Waals surface area contributed by atoms with Crippen LogP contribution in [0.4, 0.5) is 10.5 Å². The second kappa shape index (κ2) is 6.88. The summed E-state index contributed by atoms with van der Waals surface area (Å²) in [4.78, 5) is 27.4. The van der Waals surface area contributed by atoms with Gasteiger partial charge in [-0.15, -0.1) is 11.3 Å². The van der Waals surface area contributed by atoms with E-state index in [9.17, 15) is 9.59 Å². The van der Waals surface area contributed by atoms with E-state index in [1.165, 1.54) is 5.56 Å². The van der Waals surface area contributed by atoms with Gasteiger partial charge in [0.25, 0.3) is 0 Å². The molecule has 1 fully saturated rings. The van der Waals surface area contributed by atoms with Crippen molar-refractivity contribution in [2.45, 2.75) is 32.4 Å². The molecule has 1 aliphatic carbocycles. The number of nitrogens with one attached hydrogen (secondary N) is 2. The van der Waals surface area contributed by atoms with Gasteiger partial charge in [-0.05, 0) is 54.0 Å². The van der Waals surface area contributed by atoms with Crippen LogP contribution in [0.1, 0.15) is 28.8 Å². The number of carbonyl (C=O) groups is 2. The highest BCUT2D eigenvalue weighted by atomic mass is 32.1. The maximum atomic E-state index is 12.3. The fourth-order valence-corrected chi connectivity index (χ4v) is 3.81. The first-order valence-electron chi connectivity index (χ1n) is 8.67. The molecule has 2 aliphatic rings. The molecule has 2 aromatic rings. The Morgan fingerprint density at radius 2 is 2.08 bits per heavy atom. The highest BCUT2D eigenvalue weighted by molar-refractivity contribution is 7.09. The molecule has 25 heavy (non-hydrogen) atoms. The lowest BCUT2D eigenvalue weighted by Gasteiger charge is -2.29. The third-order valence-electron chi connectivity index (χ3n) is 4.72. The van der Waals surface area contributed by atoms with Crippen LogP contribution in [0.5, 0.6) is 0 Å². The highest BCUT2D eigenvalue weighted by Crippen LogP contribution is 2.33. The van der Waals surface area contributed by atoms with E-state index in [1.54, 1.807) is 11.3 Å². The zero-order chi connectivity index (χ0) is 17.2. The average molecular weight is 355 g/mol. The maximum Gasteiger partial charge on any atom is 0.319 e. The van der Waals surface area contributed by atoms with Crippen molar-refractivity contribution in [3.05, 3.63) is 51.7 Å². The van der Waals surface area contributed by atoms with E-state index in [0.29, 0.717) is 13.1 Å². The smallest absolute Gasteiger partial charge is 0.319 e. The number of anilines is 1. The number of hydrogen-bond acceptors (Lipinski definition) is 3. The van der Waals surface area contributed by atoms with E-state index < -0.39 is 0 Å². The van der Waals surface area contributed by atoms with Gasteiger partial charge in [0, 0.05) is 29.6 Å². The van der Waals surface area contributed by atoms with Crippen molar-refractivity contribution >= 4 is 29.0 Å². The molecule has 0 atom stereocenters. The minimum absolute atomic E-state index is 0.213. The predicted molar refractivity (Wildman–Crippen MR) is 98.5 cm³/mol. The standard InChI is InChI=1S/C19H21N3O2S/c23-18(14-3-4-14)22-8-7-13-5-6-16(10-15(13)12-22)21-19(24)20-11-17-2-1-9-25-17/h1-2,5-6,9-10,14H,3-4,7-8,11-12H2,(H2,20,21,24). The van der Waals surface area contributed by atoms with Crippen LogP contribution in [-0.4, -0.2) is 23.4 Å². The fourth-order valence-electron chi connectivity index (χ4n) is 3.17. The van der Waals surface area contributed by atoms with Gasteiger partial charge in [0.2, 0.25) is 5.91 Å². The van der Waals surface area contributed by atoms with Crippen molar-refractivity contribution in [2.24, 2.45) is 5.92 Å². The van der Waals surface area contributed by atoms with Crippen LogP contribution in [0.25, 0.3) is 0 Å². The summed E-state index contributed by atoms with van der Waals surface area (Å²) >= 11 is 1.62. The van der Waals surface area contributed by atoms with Crippen LogP contribution in [0.2, 0.25) is 0 Å². The molecule has 3 amide bonds. The third-order valence-corrected chi connectivity index (χ3v) is 5.59. The quantitative estimate of drug-likeness (QED) is 0.883. The average Bonchev–Trinajstić information content (AvgIpc) is 3.34. The Kier molecular flexibility index (Phi) is 4.44. The molecule has 2 heterocycles. The zero-order valence-corrected chi connectivity index (χ0v) is 14.8. The molecule has 6 heteroatoms. The summed E-state index contributed by atoms with van der Waals surface area (Å²) in [6.07, 6.45) is 2.96. The number of benzene rings is 1. The molecule has 0 bridgehead atoms. The predicted octanol–water partition coefficient (Wildman–Crippen LogP) is 3.36. The van der Waals surface area contributed by atoms with Crippen LogP contribution in [-0.2, 0) is 24.3 Å². The van der Waals surface area contributed by atoms with E-state index in [-0.39, 0.29) is 17.9 Å². The highest BCUT2D eigenvalue weighted by Gasteiger charge is 2.34. The minimum atomic E-state index is -0.213. The van der Waals surface area contributed by atoms with Gasteiger partial charge < -0.3 is 15.5 Å². The third kappa shape index (κ3) is 3.85. The van der Waals surface area contributed by atoms with Gasteiger partial charge in [-0.25, -0.2) is 4.79 Å². The largest absolute Gasteiger partial charge is 0.338 e. The summed E-state index contributed by atoms with van der Waals surface area (Å²) in [5.74, 6) is 0.545. The Hall–Kier alpha value is -2.34. The van der Waals surface area contributed by atoms with Crippen molar-refractivity contribution in [3.63, 3.8) is 0 Å². The van der Waals surface area contributed by atoms with Crippen LogP contribution in [0, 0.1) is 5.92 Å². The van der Waals surface area contributed by atoms with Crippen LogP contribution in [0.15, 0.2) is 35.7 Å². The second-order valence-electron chi connectivity index (χ2n) is 6.65. The number of hydrogen-bond donors (Lipinski definition) is 2. The Balaban J connectivity index is 1.37. The summed E-state index contributed by atoms with van der Waals surface area (Å²) in [7, 11) is 0. The summed E-state index contributed by atoms with van der Waals surface area (Å²) in [6, 6.07) is 9.74. The fraction of sp³-hybridized carbons (Fsp3) is 0.368. The monoisotopic (exact) mass is 355 g/mol. The lowest BCUT2D eigenvalue weighted by molar-refractivity contribution is -0.133. The van der Waals surface area contributed by atoms with Crippen molar-refractivity contribution in [2.75, 3.05) is 11.9 Å². The second-order valence-corrected chi connectivity index (χ2v) is 7.69. The summed E-state index contributed by atoms with van der Waals surface area (Å²) in [5, 5.41) is 7.74. The molecule has 0 unspecified atom stereocenters. The molecule has 130 valence electrons. The van der Waals surface area contributed by atoms with Gasteiger partial charge in [-0.2, -0.15) is 0 Å². The number of nitrogens with zero attached hydrogens (tertiary/aromatic N) is 1. The molecule has 0 spiro atoms. The van der Waals surface area contributed by atoms with E-state index in [2.05, 4.69) is 16.7 Å². The van der Waals surface area contributed by atoms with Gasteiger partial charge in [0.1, 0.15) is 0 Å². The SMILES string of the molecule is O=C(NCc1cccs1)Nc1ccc2c(c1)CN(C(=O)C1CC1)CC2. The molecule has 2 N–H and O–H groups in total. The van der Waals surface area contributed by atoms with E-state index >= 15 is 0 Å². The first kappa shape index (κ1) is 16.1. The number of fused-ring (bicyclic) bond motifs is 1. The summed E-state index contributed by atoms with van der Waals surface area (Å²) in [5.41, 5.74) is 3.17. The molecular formula is C19H21N3O2S. The summed E-state index contributed by atoms with van der Waals surface area (Å²) < 4.78 is 0. The number of amides is 3. The van der Waals surface area contributed by atoms with Crippen LogP contribution in [0.3, 0.4) is 0 Å². The molecular weight excluding hydrogens is 334 g/mol. The number of thiophene rings is 1. The van der Waals surface area contributed by atoms with E-state index in [0.717, 1.165) is 41.9 Å². The first-order valence-corrected chi connectivity index (χ1v) is 9.55. The van der Waals surface area contributed by atoms with Gasteiger partial charge in [-0.3, -0.25) is 4.79 Å². The molecule has 1 aromatic heterocycles. The topological polar surface area (TPSA) is 61.4 Å². The van der Waals surface area contributed by atoms with Crippen LogP contribution >= 0.6 is 11.3 Å². The molecule has 0 radical (unpaired) electrons. The van der Waals surface area contributed by atoms with Crippen molar-refractivity contribution in [1.82, 2.24) is 10.2 Å². The molecule has 1 aliphatic heterocycles. The number of urea groups is 1. The van der Waals surface area contributed by atoms with E-state index in [4.69, 9.17) is 0 Å². The van der Waals surface area contributed by atoms with Crippen molar-refractivity contribution < 1.29 is 9.59 Å². The van der Waals surface area contributed by atoms with Crippen LogP contribution < -0.4 is 10.6 Å². The summed E-state index contributed by atoms with van der Waals surface area (Å²) in [6.45, 7) is 1.98. The molecule has 5 nitrogen and oxygen atoms in total. The van der Waals surface area contributed by atoms with Crippen molar-refractivity contribution in [3.8, 4) is 0 Å². The Morgan fingerprint density at radius 3 is 2.84 bits per heavy atom. The van der Waals surface area contributed by atoms with Gasteiger partial charge in [-0.1, -0.05) is 12.1 Å². The molecule has 4 rings (SSSR count). The minimum Gasteiger partial charge on any atom is -0.338 e. The number of rotatable bonds is 4. The Labute approximate surface area is 151 Å². The molecule has 0 saturated heterocycles. The van der Waals surface area contributed by atoms with E-state index in [1.807, 2.05) is 34.5 Å². The molecule has 1 aromatic carbocycles.